The van der Waals surface area contributed by atoms with Crippen molar-refractivity contribution >= 4 is 64.2 Å². The van der Waals surface area contributed by atoms with Gasteiger partial charge in [0.25, 0.3) is 0 Å². The van der Waals surface area contributed by atoms with Crippen molar-refractivity contribution in [2.24, 2.45) is 29.2 Å². The Morgan fingerprint density at radius 3 is 1.88 bits per heavy atom. The summed E-state index contributed by atoms with van der Waals surface area (Å²) in [6, 6.07) is -1.17. The van der Waals surface area contributed by atoms with E-state index in [1.807, 2.05) is 27.7 Å². The number of amides is 7. The first-order valence-electron chi connectivity index (χ1n) is 19.0. The molecular weight excluding hydrogens is 761 g/mol. The number of carboxylic acids is 1. The summed E-state index contributed by atoms with van der Waals surface area (Å²) in [5.41, 5.74) is 12.0. The molecule has 57 heavy (non-hydrogen) atoms. The van der Waals surface area contributed by atoms with Gasteiger partial charge in [-0.15, -0.1) is 0 Å². The number of carbonyl (C=O) groups is 9. The van der Waals surface area contributed by atoms with Crippen LogP contribution in [0.2, 0.25) is 0 Å². The van der Waals surface area contributed by atoms with Crippen molar-refractivity contribution in [1.29, 1.82) is 0 Å². The van der Waals surface area contributed by atoms with Crippen LogP contribution in [0.1, 0.15) is 79.2 Å². The van der Waals surface area contributed by atoms with Crippen LogP contribution in [-0.4, -0.2) is 106 Å². The fraction of sp³-hybridized carbons (Fsp3) is 0.605. The van der Waals surface area contributed by atoms with E-state index >= 15 is 0 Å². The molecule has 1 heterocycles. The predicted octanol–water partition coefficient (Wildman–Crippen LogP) is -0.773. The molecule has 1 saturated heterocycles. The molecule has 1 fully saturated rings. The Balaban J connectivity index is 2.65. The standard InChI is InChI=1S/C38H58N8O10S/c1-7-21(6)31(40)37(55)44-25(16-29(39)47)34(52)46-28-18-57-38(56)27(14-20(4)5)45-32(50)23(13-19(2)3)41-33(51)24(15-22-11-9-8-10-12-22)42-35(53)26(17-30(48)49)43-36(28)54/h8-12,19-21,23-28,31H,7,13-18,40H2,1-6H3,(H2,39,47)(H,41,51)(H,42,53)(H,43,54)(H,44,55)(H,45,50)(H,46,52)(H,48,49)/t21-,23-,24-,25-,26-,27-,28-,31+/m0/s1. The van der Waals surface area contributed by atoms with Crippen LogP contribution in [0.25, 0.3) is 0 Å². The topological polar surface area (TPSA) is 298 Å². The van der Waals surface area contributed by atoms with E-state index in [0.29, 0.717) is 23.7 Å². The maximum atomic E-state index is 13.9. The van der Waals surface area contributed by atoms with Crippen LogP contribution in [0.3, 0.4) is 0 Å². The summed E-state index contributed by atoms with van der Waals surface area (Å²) >= 11 is 0.570. The molecule has 0 bridgehead atoms. The lowest BCUT2D eigenvalue weighted by Crippen LogP contribution is -2.61. The van der Waals surface area contributed by atoms with Gasteiger partial charge in [-0.05, 0) is 36.2 Å². The van der Waals surface area contributed by atoms with E-state index in [1.165, 1.54) is 0 Å². The smallest absolute Gasteiger partial charge is 0.305 e. The molecule has 0 aliphatic carbocycles. The van der Waals surface area contributed by atoms with Crippen LogP contribution in [0.15, 0.2) is 30.3 Å². The van der Waals surface area contributed by atoms with E-state index in [4.69, 9.17) is 11.5 Å². The fourth-order valence-electron chi connectivity index (χ4n) is 5.83. The molecule has 19 heteroatoms. The summed E-state index contributed by atoms with van der Waals surface area (Å²) in [5, 5.41) is 24.2. The van der Waals surface area contributed by atoms with Gasteiger partial charge in [0.1, 0.15) is 30.2 Å². The van der Waals surface area contributed by atoms with E-state index in [-0.39, 0.29) is 37.0 Å². The number of rotatable bonds is 16. The number of hydrogen-bond acceptors (Lipinski definition) is 11. The molecule has 1 aliphatic heterocycles. The highest BCUT2D eigenvalue weighted by atomic mass is 32.2. The summed E-state index contributed by atoms with van der Waals surface area (Å²) in [7, 11) is 0. The van der Waals surface area contributed by atoms with E-state index in [0.717, 1.165) is 0 Å². The molecule has 2 rings (SSSR count). The monoisotopic (exact) mass is 818 g/mol. The molecule has 11 N–H and O–H groups in total. The molecule has 1 aromatic rings. The third kappa shape index (κ3) is 16.5. The van der Waals surface area contributed by atoms with Crippen molar-refractivity contribution in [2.75, 3.05) is 5.75 Å². The molecule has 0 radical (unpaired) electrons. The van der Waals surface area contributed by atoms with Crippen LogP contribution in [0.5, 0.6) is 0 Å². The number of nitrogens with two attached hydrogens (primary N) is 2. The number of nitrogens with one attached hydrogen (secondary N) is 6. The Hall–Kier alpha value is -5.04. The van der Waals surface area contributed by atoms with Gasteiger partial charge in [-0.25, -0.2) is 0 Å². The average Bonchev–Trinajstić information content (AvgIpc) is 3.13. The highest BCUT2D eigenvalue weighted by Gasteiger charge is 2.37. The third-order valence-electron chi connectivity index (χ3n) is 9.20. The molecule has 0 saturated carbocycles. The number of carbonyl (C=O) groups excluding carboxylic acids is 8. The number of carboxylic acid groups (broad SMARTS) is 1. The second-order valence-corrected chi connectivity index (χ2v) is 16.1. The molecule has 8 atom stereocenters. The van der Waals surface area contributed by atoms with Crippen molar-refractivity contribution in [2.45, 2.75) is 122 Å². The van der Waals surface area contributed by atoms with Gasteiger partial charge in [0.15, 0.2) is 0 Å². The molecule has 316 valence electrons. The Morgan fingerprint density at radius 2 is 1.32 bits per heavy atom. The zero-order valence-corrected chi connectivity index (χ0v) is 34.1. The van der Waals surface area contributed by atoms with Crippen molar-refractivity contribution in [1.82, 2.24) is 31.9 Å². The maximum absolute atomic E-state index is 13.9. The number of thioether (sulfide) groups is 1. The van der Waals surface area contributed by atoms with Gasteiger partial charge in [-0.1, -0.05) is 90.1 Å². The molecule has 0 aromatic heterocycles. The van der Waals surface area contributed by atoms with Gasteiger partial charge >= 0.3 is 5.97 Å². The molecule has 0 spiro atoms. The minimum Gasteiger partial charge on any atom is -0.481 e. The summed E-state index contributed by atoms with van der Waals surface area (Å²) in [6.45, 7) is 10.8. The van der Waals surface area contributed by atoms with E-state index in [9.17, 15) is 48.3 Å². The first kappa shape index (κ1) is 48.1. The highest BCUT2D eigenvalue weighted by Crippen LogP contribution is 2.17. The second-order valence-electron chi connectivity index (χ2n) is 15.1. The lowest BCUT2D eigenvalue weighted by Gasteiger charge is -2.29. The predicted molar refractivity (Wildman–Crippen MR) is 212 cm³/mol. The third-order valence-corrected chi connectivity index (χ3v) is 10.3. The van der Waals surface area contributed by atoms with Gasteiger partial charge in [0, 0.05) is 12.2 Å². The Morgan fingerprint density at radius 1 is 0.789 bits per heavy atom. The van der Waals surface area contributed by atoms with Crippen LogP contribution in [0, 0.1) is 17.8 Å². The van der Waals surface area contributed by atoms with Crippen molar-refractivity contribution < 1.29 is 48.3 Å². The van der Waals surface area contributed by atoms with Crippen molar-refractivity contribution in [3.63, 3.8) is 0 Å². The van der Waals surface area contributed by atoms with Crippen LogP contribution in [0.4, 0.5) is 0 Å². The van der Waals surface area contributed by atoms with Crippen molar-refractivity contribution in [3.8, 4) is 0 Å². The second kappa shape index (κ2) is 23.3. The zero-order chi connectivity index (χ0) is 43.0. The van der Waals surface area contributed by atoms with Crippen LogP contribution >= 0.6 is 11.8 Å². The molecule has 18 nitrogen and oxygen atoms in total. The lowest BCUT2D eigenvalue weighted by atomic mass is 9.99. The minimum atomic E-state index is -1.80. The van der Waals surface area contributed by atoms with Gasteiger partial charge in [-0.3, -0.25) is 43.2 Å². The molecular formula is C38H58N8O10S. The normalized spacial score (nSPS) is 23.0. The lowest BCUT2D eigenvalue weighted by molar-refractivity contribution is -0.141. The average molecular weight is 819 g/mol. The molecule has 0 unspecified atom stereocenters. The quantitative estimate of drug-likeness (QED) is 0.0994. The van der Waals surface area contributed by atoms with Gasteiger partial charge < -0.3 is 48.5 Å². The first-order valence-corrected chi connectivity index (χ1v) is 20.0. The summed E-state index contributed by atoms with van der Waals surface area (Å²) in [4.78, 5) is 120. The SMILES string of the molecule is CC[C@H](C)[C@@H](N)C(=O)N[C@@H](CC(N)=O)C(=O)N[C@H]1CSC(=O)[C@H](CC(C)C)NC(=O)[C@H](CC(C)C)NC(=O)[C@H](Cc2ccccc2)NC(=O)[C@H](CC(=O)O)NC1=O. The molecule has 1 aromatic carbocycles. The summed E-state index contributed by atoms with van der Waals surface area (Å²) < 4.78 is 0. The number of aliphatic carboxylic acids is 1. The maximum Gasteiger partial charge on any atom is 0.305 e. The summed E-state index contributed by atoms with van der Waals surface area (Å²) in [5.74, 6) is -8.93. The summed E-state index contributed by atoms with van der Waals surface area (Å²) in [6.07, 6.45) is -0.878. The van der Waals surface area contributed by atoms with E-state index in [2.05, 4.69) is 31.9 Å². The number of hydrogen-bond donors (Lipinski definition) is 9. The fourth-order valence-corrected chi connectivity index (χ4v) is 6.75. The first-order chi connectivity index (χ1) is 26.7. The van der Waals surface area contributed by atoms with Crippen molar-refractivity contribution in [3.05, 3.63) is 35.9 Å². The van der Waals surface area contributed by atoms with Gasteiger partial charge in [-0.2, -0.15) is 0 Å². The molecule has 7 amide bonds. The Bertz CT molecular complexity index is 1610. The van der Waals surface area contributed by atoms with Gasteiger partial charge in [0.05, 0.1) is 24.9 Å². The Labute approximate surface area is 336 Å². The van der Waals surface area contributed by atoms with Gasteiger partial charge in [0.2, 0.25) is 46.5 Å². The Kier molecular flexibility index (Phi) is 19.6. The minimum absolute atomic E-state index is 0.0837. The van der Waals surface area contributed by atoms with Crippen LogP contribution in [-0.2, 0) is 49.6 Å². The van der Waals surface area contributed by atoms with E-state index < -0.39 is 113 Å². The van der Waals surface area contributed by atoms with Crippen LogP contribution < -0.4 is 43.4 Å². The molecule has 1 aliphatic rings. The number of primary amides is 1. The van der Waals surface area contributed by atoms with E-state index in [1.54, 1.807) is 44.2 Å². The largest absolute Gasteiger partial charge is 0.481 e. The zero-order valence-electron chi connectivity index (χ0n) is 33.3. The highest BCUT2D eigenvalue weighted by molar-refractivity contribution is 8.13. The number of benzene rings is 1.